The summed E-state index contributed by atoms with van der Waals surface area (Å²) in [7, 11) is 0. The fourth-order valence-corrected chi connectivity index (χ4v) is 5.48. The third kappa shape index (κ3) is 3.30. The van der Waals surface area contributed by atoms with Gasteiger partial charge in [0, 0.05) is 23.2 Å². The molecule has 0 unspecified atom stereocenters. The van der Waals surface area contributed by atoms with Crippen LogP contribution in [0.1, 0.15) is 12.6 Å². The summed E-state index contributed by atoms with van der Waals surface area (Å²) in [6, 6.07) is 10.1. The van der Waals surface area contributed by atoms with Crippen LogP contribution in [0.5, 0.6) is 11.5 Å². The Balaban J connectivity index is 1.32. The molecule has 0 fully saturated rings. The average molecular weight is 429 g/mol. The minimum atomic E-state index is 0.282. The normalized spacial score (nSPS) is 12.6. The van der Waals surface area contributed by atoms with Crippen molar-refractivity contribution in [1.82, 2.24) is 19.7 Å². The molecule has 0 saturated heterocycles. The average Bonchev–Trinajstić information content (AvgIpc) is 3.52. The number of fused-ring (bicyclic) bond motifs is 1. The molecule has 0 N–H and O–H groups in total. The third-order valence-electron chi connectivity index (χ3n) is 4.30. The zero-order valence-electron chi connectivity index (χ0n) is 15.0. The van der Waals surface area contributed by atoms with Crippen molar-refractivity contribution < 1.29 is 9.47 Å². The van der Waals surface area contributed by atoms with Crippen molar-refractivity contribution in [3.05, 3.63) is 46.8 Å². The number of rotatable bonds is 6. The number of thiophene rings is 1. The van der Waals surface area contributed by atoms with Gasteiger partial charge in [-0.25, -0.2) is 4.98 Å². The van der Waals surface area contributed by atoms with Crippen LogP contribution in [0.25, 0.3) is 21.3 Å². The number of aromatic nitrogens is 4. The summed E-state index contributed by atoms with van der Waals surface area (Å²) in [5, 5.41) is 14.8. The van der Waals surface area contributed by atoms with E-state index in [2.05, 4.69) is 38.5 Å². The highest BCUT2D eigenvalue weighted by molar-refractivity contribution is 7.98. The van der Waals surface area contributed by atoms with E-state index in [1.165, 1.54) is 0 Å². The number of hydrogen-bond donors (Lipinski definition) is 0. The van der Waals surface area contributed by atoms with Crippen LogP contribution in [0.2, 0.25) is 0 Å². The van der Waals surface area contributed by atoms with Crippen LogP contribution in [-0.4, -0.2) is 26.5 Å². The molecule has 0 bridgehead atoms. The van der Waals surface area contributed by atoms with Crippen molar-refractivity contribution in [3.63, 3.8) is 0 Å². The predicted molar refractivity (Wildman–Crippen MR) is 112 cm³/mol. The summed E-state index contributed by atoms with van der Waals surface area (Å²) in [4.78, 5) is 5.92. The number of benzene rings is 1. The van der Waals surface area contributed by atoms with Crippen LogP contribution < -0.4 is 9.47 Å². The van der Waals surface area contributed by atoms with Crippen molar-refractivity contribution in [2.24, 2.45) is 0 Å². The van der Waals surface area contributed by atoms with Crippen LogP contribution in [0.4, 0.5) is 0 Å². The maximum atomic E-state index is 5.46. The first-order valence-electron chi connectivity index (χ1n) is 8.76. The standard InChI is InChI=1S/C19H16N4O2S3/c1-2-23-17(16-4-3-7-26-16)21-22-19(23)28-10-13-9-27-18(20-13)12-5-6-14-15(8-12)25-11-24-14/h3-9H,2,10-11H2,1H3. The van der Waals surface area contributed by atoms with E-state index in [0.29, 0.717) is 0 Å². The number of thioether (sulfide) groups is 1. The van der Waals surface area contributed by atoms with Crippen molar-refractivity contribution in [2.75, 3.05) is 6.79 Å². The van der Waals surface area contributed by atoms with E-state index in [-0.39, 0.29) is 6.79 Å². The van der Waals surface area contributed by atoms with Gasteiger partial charge in [0.1, 0.15) is 5.01 Å². The second kappa shape index (κ2) is 7.57. The zero-order valence-corrected chi connectivity index (χ0v) is 17.4. The highest BCUT2D eigenvalue weighted by atomic mass is 32.2. The van der Waals surface area contributed by atoms with Gasteiger partial charge in [0.15, 0.2) is 22.5 Å². The molecule has 1 aliphatic heterocycles. The maximum absolute atomic E-state index is 5.46. The largest absolute Gasteiger partial charge is 0.454 e. The van der Waals surface area contributed by atoms with Gasteiger partial charge in [-0.3, -0.25) is 0 Å². The van der Waals surface area contributed by atoms with Gasteiger partial charge < -0.3 is 14.0 Å². The molecule has 3 aromatic heterocycles. The van der Waals surface area contributed by atoms with E-state index in [1.54, 1.807) is 34.4 Å². The lowest BCUT2D eigenvalue weighted by molar-refractivity contribution is 0.174. The molecule has 142 valence electrons. The quantitative estimate of drug-likeness (QED) is 0.395. The van der Waals surface area contributed by atoms with E-state index in [4.69, 9.17) is 14.5 Å². The van der Waals surface area contributed by atoms with Crippen LogP contribution in [-0.2, 0) is 12.3 Å². The van der Waals surface area contributed by atoms with Gasteiger partial charge in [-0.1, -0.05) is 17.8 Å². The van der Waals surface area contributed by atoms with Crippen LogP contribution in [0.3, 0.4) is 0 Å². The van der Waals surface area contributed by atoms with Gasteiger partial charge in [0.25, 0.3) is 0 Å². The van der Waals surface area contributed by atoms with Crippen LogP contribution in [0, 0.1) is 0 Å². The van der Waals surface area contributed by atoms with E-state index in [0.717, 1.165) is 55.9 Å². The first-order valence-corrected chi connectivity index (χ1v) is 11.5. The molecule has 0 amide bonds. The second-order valence-electron chi connectivity index (χ2n) is 6.03. The van der Waals surface area contributed by atoms with E-state index in [9.17, 15) is 0 Å². The summed E-state index contributed by atoms with van der Waals surface area (Å²) in [5.41, 5.74) is 2.08. The Morgan fingerprint density at radius 2 is 2.07 bits per heavy atom. The lowest BCUT2D eigenvalue weighted by Crippen LogP contribution is -1.99. The topological polar surface area (TPSA) is 62.1 Å². The molecular formula is C19H16N4O2S3. The molecule has 0 aliphatic carbocycles. The highest BCUT2D eigenvalue weighted by Crippen LogP contribution is 2.37. The van der Waals surface area contributed by atoms with Crippen LogP contribution >= 0.6 is 34.4 Å². The van der Waals surface area contributed by atoms with Crippen molar-refractivity contribution in [2.45, 2.75) is 24.4 Å². The Hall–Kier alpha value is -2.36. The molecule has 4 aromatic rings. The summed E-state index contributed by atoms with van der Waals surface area (Å²) in [6.07, 6.45) is 0. The lowest BCUT2D eigenvalue weighted by atomic mass is 10.2. The first-order chi connectivity index (χ1) is 13.8. The molecule has 5 rings (SSSR count). The predicted octanol–water partition coefficient (Wildman–Crippen LogP) is 5.17. The summed E-state index contributed by atoms with van der Waals surface area (Å²) < 4.78 is 13.0. The Morgan fingerprint density at radius 3 is 2.93 bits per heavy atom. The summed E-state index contributed by atoms with van der Waals surface area (Å²) >= 11 is 4.98. The second-order valence-corrected chi connectivity index (χ2v) is 8.78. The fourth-order valence-electron chi connectivity index (χ4n) is 2.94. The Labute approximate surface area is 174 Å². The molecule has 0 spiro atoms. The molecule has 6 nitrogen and oxygen atoms in total. The smallest absolute Gasteiger partial charge is 0.231 e. The minimum absolute atomic E-state index is 0.282. The molecule has 28 heavy (non-hydrogen) atoms. The lowest BCUT2D eigenvalue weighted by Gasteiger charge is -2.05. The number of hydrogen-bond acceptors (Lipinski definition) is 8. The van der Waals surface area contributed by atoms with Gasteiger partial charge in [-0.05, 0) is 36.6 Å². The molecule has 0 radical (unpaired) electrons. The first kappa shape index (κ1) is 17.7. The summed E-state index contributed by atoms with van der Waals surface area (Å²) in [6.45, 7) is 3.23. The van der Waals surface area contributed by atoms with E-state index < -0.39 is 0 Å². The maximum Gasteiger partial charge on any atom is 0.231 e. The Kier molecular flexibility index (Phi) is 4.79. The van der Waals surface area contributed by atoms with Gasteiger partial charge in [-0.15, -0.1) is 32.9 Å². The Bertz CT molecular complexity index is 1100. The molecule has 4 heterocycles. The summed E-state index contributed by atoms with van der Waals surface area (Å²) in [5.74, 6) is 3.25. The molecule has 9 heteroatoms. The molecule has 1 aliphatic rings. The van der Waals surface area contributed by atoms with Gasteiger partial charge >= 0.3 is 0 Å². The number of thiazole rings is 1. The van der Waals surface area contributed by atoms with E-state index in [1.807, 2.05) is 24.3 Å². The molecular weight excluding hydrogens is 412 g/mol. The van der Waals surface area contributed by atoms with Crippen LogP contribution in [0.15, 0.2) is 46.2 Å². The van der Waals surface area contributed by atoms with Gasteiger partial charge in [0.2, 0.25) is 6.79 Å². The Morgan fingerprint density at radius 1 is 1.14 bits per heavy atom. The number of nitrogens with zero attached hydrogens (tertiary/aromatic N) is 4. The highest BCUT2D eigenvalue weighted by Gasteiger charge is 2.17. The van der Waals surface area contributed by atoms with Gasteiger partial charge in [0.05, 0.1) is 10.6 Å². The number of ether oxygens (including phenoxy) is 2. The third-order valence-corrected chi connectivity index (χ3v) is 7.10. The molecule has 1 aromatic carbocycles. The van der Waals surface area contributed by atoms with Crippen molar-refractivity contribution >= 4 is 34.4 Å². The van der Waals surface area contributed by atoms with Crippen molar-refractivity contribution in [1.29, 1.82) is 0 Å². The molecule has 0 atom stereocenters. The zero-order chi connectivity index (χ0) is 18.9. The van der Waals surface area contributed by atoms with E-state index >= 15 is 0 Å². The fraction of sp³-hybridized carbons (Fsp3) is 0.211. The SMILES string of the molecule is CCn1c(SCc2csc(-c3ccc4c(c3)OCO4)n2)nnc1-c1cccs1. The van der Waals surface area contributed by atoms with Crippen molar-refractivity contribution in [3.8, 4) is 32.8 Å². The van der Waals surface area contributed by atoms with Gasteiger partial charge in [-0.2, -0.15) is 0 Å². The minimum Gasteiger partial charge on any atom is -0.454 e. The monoisotopic (exact) mass is 428 g/mol. The molecule has 0 saturated carbocycles.